The van der Waals surface area contributed by atoms with Crippen LogP contribution in [-0.2, 0) is 12.8 Å². The highest BCUT2D eigenvalue weighted by atomic mass is 16.5. The maximum absolute atomic E-state index is 5.46. The van der Waals surface area contributed by atoms with Gasteiger partial charge in [-0.1, -0.05) is 6.07 Å². The van der Waals surface area contributed by atoms with Crippen LogP contribution in [0.3, 0.4) is 0 Å². The molecule has 0 saturated carbocycles. The third kappa shape index (κ3) is 3.40. The summed E-state index contributed by atoms with van der Waals surface area (Å²) in [5.74, 6) is 2.99. The van der Waals surface area contributed by atoms with E-state index < -0.39 is 0 Å². The van der Waals surface area contributed by atoms with Crippen LogP contribution in [0.4, 0.5) is 0 Å². The lowest BCUT2D eigenvalue weighted by atomic mass is 9.93. The lowest BCUT2D eigenvalue weighted by Crippen LogP contribution is -2.76. The van der Waals surface area contributed by atoms with Gasteiger partial charge in [0.15, 0.2) is 28.7 Å². The molecule has 1 aliphatic heterocycles. The number of hydrogen-bond acceptors (Lipinski definition) is 4. The van der Waals surface area contributed by atoms with E-state index in [0.717, 1.165) is 47.9 Å². The van der Waals surface area contributed by atoms with Gasteiger partial charge in [0.05, 0.1) is 34.9 Å². The van der Waals surface area contributed by atoms with Gasteiger partial charge in [0, 0.05) is 12.0 Å². The Balaban J connectivity index is 1.94. The number of rotatable bonds is 6. The fourth-order valence-electron chi connectivity index (χ4n) is 3.20. The Hall–Kier alpha value is -2.69. The normalized spacial score (nSPS) is 12.9. The lowest BCUT2D eigenvalue weighted by Gasteiger charge is -2.17. The van der Waals surface area contributed by atoms with Crippen LogP contribution in [0.5, 0.6) is 23.0 Å². The number of fused-ring (bicyclic) bond motifs is 1. The summed E-state index contributed by atoms with van der Waals surface area (Å²) in [6.07, 6.45) is 1.74. The van der Waals surface area contributed by atoms with Crippen molar-refractivity contribution in [3.8, 4) is 23.0 Å². The predicted molar refractivity (Wildman–Crippen MR) is 96.4 cm³/mol. The number of ether oxygens (including phenoxy) is 4. The van der Waals surface area contributed by atoms with Crippen molar-refractivity contribution in [2.75, 3.05) is 35.0 Å². The molecule has 0 spiro atoms. The molecule has 25 heavy (non-hydrogen) atoms. The molecule has 1 aliphatic rings. The van der Waals surface area contributed by atoms with Gasteiger partial charge in [0.2, 0.25) is 0 Å². The Bertz CT molecular complexity index is 799. The Kier molecular flexibility index (Phi) is 5.12. The average molecular weight is 342 g/mol. The number of hydrogen-bond donors (Lipinski definition) is 1. The van der Waals surface area contributed by atoms with Crippen LogP contribution in [0.15, 0.2) is 30.3 Å². The molecule has 0 amide bonds. The summed E-state index contributed by atoms with van der Waals surface area (Å²) in [5.41, 5.74) is 4.78. The van der Waals surface area contributed by atoms with E-state index in [0.29, 0.717) is 0 Å². The van der Waals surface area contributed by atoms with Crippen LogP contribution in [0.2, 0.25) is 0 Å². The van der Waals surface area contributed by atoms with E-state index in [-0.39, 0.29) is 0 Å². The van der Waals surface area contributed by atoms with E-state index in [1.54, 1.807) is 28.4 Å². The van der Waals surface area contributed by atoms with Crippen molar-refractivity contribution in [2.24, 2.45) is 0 Å². The van der Waals surface area contributed by atoms with Crippen molar-refractivity contribution in [2.45, 2.75) is 12.8 Å². The van der Waals surface area contributed by atoms with Crippen LogP contribution in [0, 0.1) is 0 Å². The van der Waals surface area contributed by atoms with Crippen LogP contribution in [-0.4, -0.2) is 40.7 Å². The first-order chi connectivity index (χ1) is 12.2. The Morgan fingerprint density at radius 1 is 0.800 bits per heavy atom. The summed E-state index contributed by atoms with van der Waals surface area (Å²) >= 11 is 0. The van der Waals surface area contributed by atoms with Gasteiger partial charge in [-0.05, 0) is 35.4 Å². The molecular weight excluding hydrogens is 318 g/mol. The van der Waals surface area contributed by atoms with Gasteiger partial charge in [-0.2, -0.15) is 0 Å². The van der Waals surface area contributed by atoms with E-state index in [2.05, 4.69) is 23.2 Å². The van der Waals surface area contributed by atoms with Crippen LogP contribution >= 0.6 is 0 Å². The molecule has 2 aromatic carbocycles. The van der Waals surface area contributed by atoms with Gasteiger partial charge in [-0.25, -0.2) is 4.99 Å². The molecule has 0 saturated heterocycles. The molecule has 1 heterocycles. The zero-order valence-corrected chi connectivity index (χ0v) is 15.1. The Morgan fingerprint density at radius 2 is 1.44 bits per heavy atom. The zero-order chi connectivity index (χ0) is 17.8. The summed E-state index contributed by atoms with van der Waals surface area (Å²) in [5, 5.41) is 0. The third-order valence-corrected chi connectivity index (χ3v) is 4.50. The van der Waals surface area contributed by atoms with Crippen molar-refractivity contribution < 1.29 is 23.9 Å². The topological polar surface area (TPSA) is 50.9 Å². The quantitative estimate of drug-likeness (QED) is 0.862. The van der Waals surface area contributed by atoms with Gasteiger partial charge >= 0.3 is 0 Å². The van der Waals surface area contributed by atoms with Crippen LogP contribution in [0.1, 0.15) is 16.7 Å². The van der Waals surface area contributed by atoms with Gasteiger partial charge in [-0.15, -0.1) is 0 Å². The summed E-state index contributed by atoms with van der Waals surface area (Å²) in [6.45, 7) is 0.908. The van der Waals surface area contributed by atoms with Crippen molar-refractivity contribution in [1.82, 2.24) is 0 Å². The largest absolute Gasteiger partial charge is 0.493 e. The first kappa shape index (κ1) is 17.1. The first-order valence-electron chi connectivity index (χ1n) is 8.26. The second-order valence-corrected chi connectivity index (χ2v) is 5.89. The SMILES string of the molecule is COc1ccc(CC2=[NH+]CCc3cc(OC)c(OC)cc32)cc1OC. The Morgan fingerprint density at radius 3 is 2.12 bits per heavy atom. The van der Waals surface area contributed by atoms with Crippen LogP contribution < -0.4 is 23.9 Å². The van der Waals surface area contributed by atoms with E-state index in [1.807, 2.05) is 12.1 Å². The molecule has 1 N–H and O–H groups in total. The molecule has 3 rings (SSSR count). The second kappa shape index (κ2) is 7.47. The van der Waals surface area contributed by atoms with Gasteiger partial charge in [0.1, 0.15) is 6.54 Å². The maximum Gasteiger partial charge on any atom is 0.186 e. The monoisotopic (exact) mass is 342 g/mol. The van der Waals surface area contributed by atoms with Crippen molar-refractivity contribution in [3.05, 3.63) is 47.0 Å². The summed E-state index contributed by atoms with van der Waals surface area (Å²) < 4.78 is 21.6. The average Bonchev–Trinajstić information content (AvgIpc) is 2.66. The molecule has 0 aromatic heterocycles. The van der Waals surface area contributed by atoms with E-state index in [9.17, 15) is 0 Å². The van der Waals surface area contributed by atoms with E-state index in [1.165, 1.54) is 16.8 Å². The third-order valence-electron chi connectivity index (χ3n) is 4.50. The molecule has 0 radical (unpaired) electrons. The lowest BCUT2D eigenvalue weighted by molar-refractivity contribution is -0.458. The molecule has 0 atom stereocenters. The van der Waals surface area contributed by atoms with E-state index in [4.69, 9.17) is 18.9 Å². The highest BCUT2D eigenvalue weighted by molar-refractivity contribution is 6.00. The number of benzene rings is 2. The summed E-state index contributed by atoms with van der Waals surface area (Å²) in [6, 6.07) is 10.1. The van der Waals surface area contributed by atoms with Gasteiger partial charge in [0.25, 0.3) is 0 Å². The smallest absolute Gasteiger partial charge is 0.186 e. The molecule has 0 fully saturated rings. The highest BCUT2D eigenvalue weighted by Gasteiger charge is 2.23. The molecule has 132 valence electrons. The fraction of sp³-hybridized carbons (Fsp3) is 0.350. The minimum atomic E-state index is 0.736. The van der Waals surface area contributed by atoms with Crippen molar-refractivity contribution in [3.63, 3.8) is 0 Å². The fourth-order valence-corrected chi connectivity index (χ4v) is 3.20. The van der Waals surface area contributed by atoms with Gasteiger partial charge in [-0.3, -0.25) is 0 Å². The second-order valence-electron chi connectivity index (χ2n) is 5.89. The van der Waals surface area contributed by atoms with Crippen LogP contribution in [0.25, 0.3) is 0 Å². The molecule has 2 aromatic rings. The molecular formula is C20H24NO4+. The van der Waals surface area contributed by atoms with Crippen molar-refractivity contribution in [1.29, 1.82) is 0 Å². The maximum atomic E-state index is 5.46. The first-order valence-corrected chi connectivity index (χ1v) is 8.26. The Labute approximate surface area is 148 Å². The zero-order valence-electron chi connectivity index (χ0n) is 15.1. The van der Waals surface area contributed by atoms with Crippen molar-refractivity contribution >= 4 is 5.71 Å². The predicted octanol–water partition coefficient (Wildman–Crippen LogP) is 1.39. The van der Waals surface area contributed by atoms with E-state index >= 15 is 0 Å². The standard InChI is InChI=1S/C20H23NO4/c1-22-17-6-5-13(10-18(17)23-2)9-16-15-12-20(25-4)19(24-3)11-14(15)7-8-21-16/h5-6,10-12H,7-9H2,1-4H3/p+1. The summed E-state index contributed by atoms with van der Waals surface area (Å²) in [4.78, 5) is 3.53. The molecule has 0 aliphatic carbocycles. The minimum absolute atomic E-state index is 0.736. The molecule has 5 nitrogen and oxygen atoms in total. The van der Waals surface area contributed by atoms with Gasteiger partial charge < -0.3 is 18.9 Å². The molecule has 0 unspecified atom stereocenters. The minimum Gasteiger partial charge on any atom is -0.493 e. The summed E-state index contributed by atoms with van der Waals surface area (Å²) in [7, 11) is 6.62. The molecule has 5 heteroatoms. The number of methoxy groups -OCH3 is 4. The molecule has 0 bridgehead atoms. The number of nitrogens with one attached hydrogen (secondary N) is 1. The highest BCUT2D eigenvalue weighted by Crippen LogP contribution is 2.32.